The van der Waals surface area contributed by atoms with Crippen LogP contribution in [0.4, 0.5) is 0 Å². The van der Waals surface area contributed by atoms with Gasteiger partial charge in [0.25, 0.3) is 0 Å². The summed E-state index contributed by atoms with van der Waals surface area (Å²) in [4.78, 5) is 0. The van der Waals surface area contributed by atoms with Gasteiger partial charge in [0, 0.05) is 5.92 Å². The van der Waals surface area contributed by atoms with E-state index in [-0.39, 0.29) is 18.1 Å². The normalized spacial score (nSPS) is 43.5. The fourth-order valence-corrected chi connectivity index (χ4v) is 2.38. The van der Waals surface area contributed by atoms with Gasteiger partial charge in [0.1, 0.15) is 0 Å². The number of rotatable bonds is 1. The van der Waals surface area contributed by atoms with Crippen molar-refractivity contribution in [3.8, 4) is 0 Å². The largest absolute Gasteiger partial charge is 0.393 e. The van der Waals surface area contributed by atoms with Gasteiger partial charge in [-0.15, -0.1) is 0 Å². The van der Waals surface area contributed by atoms with E-state index in [1.54, 1.807) is 0 Å². The standard InChI is InChI=1S/C10H20O2/c1-6(2)10-8(11)4-7(3)5-9(10)12/h6-12H,4-5H2,1-3H3/t7-,8+,9?,10-/m0/s1. The zero-order chi connectivity index (χ0) is 9.30. The number of aliphatic hydroxyl groups is 2. The van der Waals surface area contributed by atoms with Crippen LogP contribution in [0, 0.1) is 17.8 Å². The van der Waals surface area contributed by atoms with Crippen molar-refractivity contribution in [3.63, 3.8) is 0 Å². The van der Waals surface area contributed by atoms with Gasteiger partial charge < -0.3 is 10.2 Å². The first kappa shape index (κ1) is 10.0. The molecule has 12 heavy (non-hydrogen) atoms. The van der Waals surface area contributed by atoms with E-state index in [1.807, 2.05) is 0 Å². The topological polar surface area (TPSA) is 40.5 Å². The highest BCUT2D eigenvalue weighted by molar-refractivity contribution is 4.86. The number of hydrogen-bond donors (Lipinski definition) is 2. The van der Waals surface area contributed by atoms with Crippen LogP contribution in [0.1, 0.15) is 33.6 Å². The summed E-state index contributed by atoms with van der Waals surface area (Å²) in [7, 11) is 0. The van der Waals surface area contributed by atoms with Gasteiger partial charge in [-0.25, -0.2) is 0 Å². The molecule has 4 atom stereocenters. The zero-order valence-electron chi connectivity index (χ0n) is 8.20. The van der Waals surface area contributed by atoms with Crippen molar-refractivity contribution in [1.29, 1.82) is 0 Å². The molecule has 0 heterocycles. The van der Waals surface area contributed by atoms with Gasteiger partial charge >= 0.3 is 0 Å². The molecule has 1 saturated carbocycles. The third-order valence-electron chi connectivity index (χ3n) is 2.95. The second-order valence-electron chi connectivity index (χ2n) is 4.53. The molecule has 0 saturated heterocycles. The van der Waals surface area contributed by atoms with Crippen molar-refractivity contribution in [2.45, 2.75) is 45.8 Å². The van der Waals surface area contributed by atoms with Crippen molar-refractivity contribution >= 4 is 0 Å². The molecule has 0 spiro atoms. The summed E-state index contributed by atoms with van der Waals surface area (Å²) in [5.74, 6) is 0.925. The maximum absolute atomic E-state index is 9.72. The van der Waals surface area contributed by atoms with Gasteiger partial charge in [-0.2, -0.15) is 0 Å². The summed E-state index contributed by atoms with van der Waals surface area (Å²) >= 11 is 0. The molecule has 72 valence electrons. The van der Waals surface area contributed by atoms with E-state index in [1.165, 1.54) is 0 Å². The van der Waals surface area contributed by atoms with Crippen molar-refractivity contribution < 1.29 is 10.2 Å². The van der Waals surface area contributed by atoms with E-state index in [0.717, 1.165) is 12.8 Å². The number of aliphatic hydroxyl groups excluding tert-OH is 2. The predicted molar refractivity (Wildman–Crippen MR) is 48.7 cm³/mol. The van der Waals surface area contributed by atoms with Gasteiger partial charge in [0.15, 0.2) is 0 Å². The van der Waals surface area contributed by atoms with Gasteiger partial charge in [0.2, 0.25) is 0 Å². The minimum atomic E-state index is -0.302. The molecule has 0 aromatic carbocycles. The summed E-state index contributed by atoms with van der Waals surface area (Å²) in [6.07, 6.45) is 1.09. The Balaban J connectivity index is 2.60. The fraction of sp³-hybridized carbons (Fsp3) is 1.00. The lowest BCUT2D eigenvalue weighted by atomic mass is 9.73. The Hall–Kier alpha value is -0.0800. The highest BCUT2D eigenvalue weighted by Gasteiger charge is 2.35. The van der Waals surface area contributed by atoms with Gasteiger partial charge in [0.05, 0.1) is 12.2 Å². The van der Waals surface area contributed by atoms with Gasteiger partial charge in [-0.1, -0.05) is 20.8 Å². The Morgan fingerprint density at radius 2 is 1.50 bits per heavy atom. The summed E-state index contributed by atoms with van der Waals surface area (Å²) in [6, 6.07) is 0. The van der Waals surface area contributed by atoms with Gasteiger partial charge in [-0.05, 0) is 24.7 Å². The van der Waals surface area contributed by atoms with E-state index in [4.69, 9.17) is 0 Å². The third kappa shape index (κ3) is 1.99. The minimum Gasteiger partial charge on any atom is -0.393 e. The lowest BCUT2D eigenvalue weighted by Crippen LogP contribution is -2.42. The van der Waals surface area contributed by atoms with Crippen molar-refractivity contribution in [2.75, 3.05) is 0 Å². The average molecular weight is 172 g/mol. The maximum atomic E-state index is 9.72. The first-order chi connectivity index (χ1) is 5.52. The van der Waals surface area contributed by atoms with Crippen molar-refractivity contribution in [1.82, 2.24) is 0 Å². The quantitative estimate of drug-likeness (QED) is 0.628. The lowest BCUT2D eigenvalue weighted by Gasteiger charge is -2.38. The van der Waals surface area contributed by atoms with Crippen LogP contribution in [0.25, 0.3) is 0 Å². The number of hydrogen-bond acceptors (Lipinski definition) is 2. The monoisotopic (exact) mass is 172 g/mol. The molecule has 2 nitrogen and oxygen atoms in total. The molecule has 0 aromatic heterocycles. The summed E-state index contributed by atoms with van der Waals surface area (Å²) in [5, 5.41) is 19.4. The van der Waals surface area contributed by atoms with E-state index >= 15 is 0 Å². The van der Waals surface area contributed by atoms with Crippen LogP contribution in [0.3, 0.4) is 0 Å². The first-order valence-electron chi connectivity index (χ1n) is 4.88. The Kier molecular flexibility index (Phi) is 3.13. The molecule has 2 heteroatoms. The molecule has 1 rings (SSSR count). The smallest absolute Gasteiger partial charge is 0.0598 e. The predicted octanol–water partition coefficient (Wildman–Crippen LogP) is 1.41. The Bertz CT molecular complexity index is 133. The van der Waals surface area contributed by atoms with Crippen LogP contribution in [0.2, 0.25) is 0 Å². The van der Waals surface area contributed by atoms with Crippen LogP contribution >= 0.6 is 0 Å². The molecule has 0 bridgehead atoms. The van der Waals surface area contributed by atoms with Crippen LogP contribution in [0.5, 0.6) is 0 Å². The van der Waals surface area contributed by atoms with Crippen LogP contribution < -0.4 is 0 Å². The van der Waals surface area contributed by atoms with Crippen LogP contribution in [-0.2, 0) is 0 Å². The van der Waals surface area contributed by atoms with E-state index in [2.05, 4.69) is 20.8 Å². The van der Waals surface area contributed by atoms with Crippen molar-refractivity contribution in [3.05, 3.63) is 0 Å². The van der Waals surface area contributed by atoms with Gasteiger partial charge in [-0.3, -0.25) is 0 Å². The molecule has 0 amide bonds. The lowest BCUT2D eigenvalue weighted by molar-refractivity contribution is -0.0607. The summed E-state index contributed by atoms with van der Waals surface area (Å²) < 4.78 is 0. The minimum absolute atomic E-state index is 0.0844. The fourth-order valence-electron chi connectivity index (χ4n) is 2.38. The van der Waals surface area contributed by atoms with Crippen LogP contribution in [0.15, 0.2) is 0 Å². The molecule has 1 unspecified atom stereocenters. The van der Waals surface area contributed by atoms with Crippen LogP contribution in [-0.4, -0.2) is 22.4 Å². The molecule has 1 fully saturated rings. The molecule has 0 aromatic rings. The Morgan fingerprint density at radius 1 is 1.08 bits per heavy atom. The third-order valence-corrected chi connectivity index (χ3v) is 2.95. The molecule has 0 aliphatic heterocycles. The molecular weight excluding hydrogens is 152 g/mol. The molecule has 2 N–H and O–H groups in total. The first-order valence-corrected chi connectivity index (χ1v) is 4.88. The highest BCUT2D eigenvalue weighted by Crippen LogP contribution is 2.33. The summed E-state index contributed by atoms with van der Waals surface area (Å²) in [5.41, 5.74) is 0. The Labute approximate surface area is 74.6 Å². The van der Waals surface area contributed by atoms with E-state index < -0.39 is 0 Å². The Morgan fingerprint density at radius 3 is 1.83 bits per heavy atom. The molecular formula is C10H20O2. The molecule has 0 radical (unpaired) electrons. The van der Waals surface area contributed by atoms with E-state index in [0.29, 0.717) is 11.8 Å². The maximum Gasteiger partial charge on any atom is 0.0598 e. The SMILES string of the molecule is CC(C)[C@@H]1C(O)C[C@@H](C)C[C@H]1O. The molecule has 1 aliphatic rings. The molecule has 1 aliphatic carbocycles. The second kappa shape index (κ2) is 3.75. The second-order valence-corrected chi connectivity index (χ2v) is 4.53. The average Bonchev–Trinajstić information content (AvgIpc) is 1.82. The highest BCUT2D eigenvalue weighted by atomic mass is 16.3. The van der Waals surface area contributed by atoms with Crippen molar-refractivity contribution in [2.24, 2.45) is 17.8 Å². The summed E-state index contributed by atoms with van der Waals surface area (Å²) in [6.45, 7) is 6.21. The van der Waals surface area contributed by atoms with E-state index in [9.17, 15) is 10.2 Å². The zero-order valence-corrected chi connectivity index (χ0v) is 8.20.